The van der Waals surface area contributed by atoms with Gasteiger partial charge in [-0.2, -0.15) is 5.26 Å². The molecule has 0 fully saturated rings. The van der Waals surface area contributed by atoms with Crippen LogP contribution in [0.4, 0.5) is 4.39 Å². The standard InChI is InChI=1S/C13H17FN2/c1-3-12(4-2)16-9-11-7-5-6-10(8-15)13(11)14/h5-7,12,16H,3-4,9H2,1-2H3. The molecular formula is C13H17FN2. The van der Waals surface area contributed by atoms with E-state index in [1.807, 2.05) is 6.07 Å². The van der Waals surface area contributed by atoms with E-state index in [-0.39, 0.29) is 5.56 Å². The molecule has 0 radical (unpaired) electrons. The van der Waals surface area contributed by atoms with Gasteiger partial charge in [0.25, 0.3) is 0 Å². The molecule has 0 amide bonds. The van der Waals surface area contributed by atoms with Crippen LogP contribution in [0.1, 0.15) is 37.8 Å². The van der Waals surface area contributed by atoms with Gasteiger partial charge in [-0.25, -0.2) is 4.39 Å². The quantitative estimate of drug-likeness (QED) is 0.828. The number of hydrogen-bond donors (Lipinski definition) is 1. The molecule has 1 aromatic rings. The molecule has 0 bridgehead atoms. The second-order valence-corrected chi connectivity index (χ2v) is 3.78. The lowest BCUT2D eigenvalue weighted by atomic mass is 10.1. The summed E-state index contributed by atoms with van der Waals surface area (Å²) in [4.78, 5) is 0. The Hall–Kier alpha value is -1.40. The van der Waals surface area contributed by atoms with Crippen LogP contribution in [-0.4, -0.2) is 6.04 Å². The summed E-state index contributed by atoms with van der Waals surface area (Å²) >= 11 is 0. The zero-order valence-electron chi connectivity index (χ0n) is 9.76. The summed E-state index contributed by atoms with van der Waals surface area (Å²) in [6.07, 6.45) is 2.05. The van der Waals surface area contributed by atoms with E-state index in [0.29, 0.717) is 18.2 Å². The Morgan fingerprint density at radius 1 is 1.38 bits per heavy atom. The summed E-state index contributed by atoms with van der Waals surface area (Å²) in [5, 5.41) is 12.0. The van der Waals surface area contributed by atoms with Crippen LogP contribution in [-0.2, 0) is 6.54 Å². The molecule has 3 heteroatoms. The topological polar surface area (TPSA) is 35.8 Å². The van der Waals surface area contributed by atoms with Crippen molar-refractivity contribution in [2.24, 2.45) is 0 Å². The first-order chi connectivity index (χ1) is 7.72. The summed E-state index contributed by atoms with van der Waals surface area (Å²) in [6.45, 7) is 4.68. The van der Waals surface area contributed by atoms with Gasteiger partial charge in [0.1, 0.15) is 11.9 Å². The first-order valence-corrected chi connectivity index (χ1v) is 5.63. The highest BCUT2D eigenvalue weighted by Gasteiger charge is 2.08. The van der Waals surface area contributed by atoms with Gasteiger partial charge in [0, 0.05) is 18.2 Å². The van der Waals surface area contributed by atoms with Gasteiger partial charge in [-0.1, -0.05) is 26.0 Å². The summed E-state index contributed by atoms with van der Waals surface area (Å²) in [5.41, 5.74) is 0.676. The van der Waals surface area contributed by atoms with Crippen molar-refractivity contribution in [1.29, 1.82) is 5.26 Å². The zero-order chi connectivity index (χ0) is 12.0. The summed E-state index contributed by atoms with van der Waals surface area (Å²) in [7, 11) is 0. The number of nitrogens with one attached hydrogen (secondary N) is 1. The van der Waals surface area contributed by atoms with Crippen molar-refractivity contribution in [2.75, 3.05) is 0 Å². The van der Waals surface area contributed by atoms with Gasteiger partial charge in [0.2, 0.25) is 0 Å². The van der Waals surface area contributed by atoms with Gasteiger partial charge < -0.3 is 5.32 Å². The van der Waals surface area contributed by atoms with E-state index in [4.69, 9.17) is 5.26 Å². The highest BCUT2D eigenvalue weighted by atomic mass is 19.1. The van der Waals surface area contributed by atoms with Crippen LogP contribution in [0.2, 0.25) is 0 Å². The normalized spacial score (nSPS) is 10.4. The Kier molecular flexibility index (Phi) is 4.94. The second kappa shape index (κ2) is 6.24. The maximum atomic E-state index is 13.7. The fourth-order valence-electron chi connectivity index (χ4n) is 1.63. The van der Waals surface area contributed by atoms with E-state index < -0.39 is 5.82 Å². The van der Waals surface area contributed by atoms with Crippen molar-refractivity contribution in [1.82, 2.24) is 5.32 Å². The van der Waals surface area contributed by atoms with Gasteiger partial charge in [0.15, 0.2) is 0 Å². The van der Waals surface area contributed by atoms with Crippen molar-refractivity contribution in [3.05, 3.63) is 35.1 Å². The third kappa shape index (κ3) is 3.04. The van der Waals surface area contributed by atoms with Crippen molar-refractivity contribution < 1.29 is 4.39 Å². The molecule has 2 nitrogen and oxygen atoms in total. The minimum absolute atomic E-state index is 0.115. The van der Waals surface area contributed by atoms with E-state index in [1.165, 1.54) is 6.07 Å². The van der Waals surface area contributed by atoms with Crippen LogP contribution in [0.15, 0.2) is 18.2 Å². The van der Waals surface area contributed by atoms with Crippen molar-refractivity contribution >= 4 is 0 Å². The Balaban J connectivity index is 2.71. The molecule has 0 aromatic heterocycles. The molecule has 0 aliphatic rings. The monoisotopic (exact) mass is 220 g/mol. The molecule has 0 saturated carbocycles. The number of hydrogen-bond acceptors (Lipinski definition) is 2. The zero-order valence-corrected chi connectivity index (χ0v) is 9.76. The second-order valence-electron chi connectivity index (χ2n) is 3.78. The van der Waals surface area contributed by atoms with Crippen LogP contribution in [0.5, 0.6) is 0 Å². The third-order valence-electron chi connectivity index (χ3n) is 2.77. The fraction of sp³-hybridized carbons (Fsp3) is 0.462. The Labute approximate surface area is 96.1 Å². The molecule has 1 N–H and O–H groups in total. The number of nitriles is 1. The molecule has 1 rings (SSSR count). The minimum atomic E-state index is -0.400. The molecule has 86 valence electrons. The van der Waals surface area contributed by atoms with E-state index in [1.54, 1.807) is 12.1 Å². The molecule has 0 atom stereocenters. The van der Waals surface area contributed by atoms with Crippen molar-refractivity contribution in [3.63, 3.8) is 0 Å². The Morgan fingerprint density at radius 3 is 2.62 bits per heavy atom. The molecule has 0 aliphatic heterocycles. The smallest absolute Gasteiger partial charge is 0.145 e. The maximum Gasteiger partial charge on any atom is 0.145 e. The summed E-state index contributed by atoms with van der Waals surface area (Å²) in [6, 6.07) is 7.18. The number of nitrogens with zero attached hydrogens (tertiary/aromatic N) is 1. The molecule has 0 unspecified atom stereocenters. The highest BCUT2D eigenvalue weighted by molar-refractivity contribution is 5.34. The van der Waals surface area contributed by atoms with Crippen molar-refractivity contribution in [2.45, 2.75) is 39.3 Å². The molecule has 16 heavy (non-hydrogen) atoms. The average Bonchev–Trinajstić information content (AvgIpc) is 2.32. The molecule has 0 aliphatic carbocycles. The van der Waals surface area contributed by atoms with Gasteiger partial charge in [0.05, 0.1) is 5.56 Å². The SMILES string of the molecule is CCC(CC)NCc1cccc(C#N)c1F. The minimum Gasteiger partial charge on any atom is -0.310 e. The third-order valence-corrected chi connectivity index (χ3v) is 2.77. The highest BCUT2D eigenvalue weighted by Crippen LogP contribution is 2.12. The first-order valence-electron chi connectivity index (χ1n) is 5.63. The fourth-order valence-corrected chi connectivity index (χ4v) is 1.63. The Morgan fingerprint density at radius 2 is 2.06 bits per heavy atom. The Bertz CT molecular complexity index is 378. The summed E-state index contributed by atoms with van der Waals surface area (Å²) < 4.78 is 13.7. The van der Waals surface area contributed by atoms with Gasteiger partial charge >= 0.3 is 0 Å². The van der Waals surface area contributed by atoms with E-state index in [0.717, 1.165) is 12.8 Å². The van der Waals surface area contributed by atoms with E-state index >= 15 is 0 Å². The van der Waals surface area contributed by atoms with Gasteiger partial charge in [-0.3, -0.25) is 0 Å². The van der Waals surface area contributed by atoms with Crippen LogP contribution >= 0.6 is 0 Å². The predicted molar refractivity (Wildman–Crippen MR) is 62.3 cm³/mol. The molecule has 1 aromatic carbocycles. The molecule has 0 spiro atoms. The number of rotatable bonds is 5. The molecule has 0 heterocycles. The molecular weight excluding hydrogens is 203 g/mol. The van der Waals surface area contributed by atoms with Gasteiger partial charge in [-0.15, -0.1) is 0 Å². The summed E-state index contributed by atoms with van der Waals surface area (Å²) in [5.74, 6) is -0.400. The largest absolute Gasteiger partial charge is 0.310 e. The number of benzene rings is 1. The van der Waals surface area contributed by atoms with Gasteiger partial charge in [-0.05, 0) is 18.9 Å². The van der Waals surface area contributed by atoms with Crippen LogP contribution in [0.25, 0.3) is 0 Å². The van der Waals surface area contributed by atoms with Crippen molar-refractivity contribution in [3.8, 4) is 6.07 Å². The lowest BCUT2D eigenvalue weighted by Gasteiger charge is -2.15. The predicted octanol–water partition coefficient (Wildman–Crippen LogP) is 2.98. The van der Waals surface area contributed by atoms with Crippen LogP contribution in [0, 0.1) is 17.1 Å². The average molecular weight is 220 g/mol. The van der Waals surface area contributed by atoms with E-state index in [9.17, 15) is 4.39 Å². The van der Waals surface area contributed by atoms with Crippen LogP contribution < -0.4 is 5.32 Å². The lowest BCUT2D eigenvalue weighted by molar-refractivity contribution is 0.474. The maximum absolute atomic E-state index is 13.7. The first kappa shape index (κ1) is 12.7. The van der Waals surface area contributed by atoms with E-state index in [2.05, 4.69) is 19.2 Å². The molecule has 0 saturated heterocycles. The van der Waals surface area contributed by atoms with Crippen LogP contribution in [0.3, 0.4) is 0 Å². The lowest BCUT2D eigenvalue weighted by Crippen LogP contribution is -2.27. The number of halogens is 1.